The summed E-state index contributed by atoms with van der Waals surface area (Å²) >= 11 is 0. The van der Waals surface area contributed by atoms with Crippen LogP contribution in [0.1, 0.15) is 32.8 Å². The second kappa shape index (κ2) is 7.10. The lowest BCUT2D eigenvalue weighted by Gasteiger charge is -2.19. The van der Waals surface area contributed by atoms with Crippen LogP contribution >= 0.6 is 0 Å². The number of carbonyl (C=O) groups is 2. The summed E-state index contributed by atoms with van der Waals surface area (Å²) in [7, 11) is 0. The van der Waals surface area contributed by atoms with Crippen LogP contribution in [0.3, 0.4) is 0 Å². The molecule has 27 heavy (non-hydrogen) atoms. The van der Waals surface area contributed by atoms with Crippen molar-refractivity contribution < 1.29 is 18.4 Å². The highest BCUT2D eigenvalue weighted by molar-refractivity contribution is 6.03. The van der Waals surface area contributed by atoms with Gasteiger partial charge in [-0.15, -0.1) is 0 Å². The number of nitrogens with zero attached hydrogens (tertiary/aromatic N) is 1. The van der Waals surface area contributed by atoms with E-state index >= 15 is 0 Å². The molecule has 0 saturated carbocycles. The maximum Gasteiger partial charge on any atom is 0.229 e. The second-order valence-corrected chi connectivity index (χ2v) is 7.82. The Morgan fingerprint density at radius 1 is 1.11 bits per heavy atom. The number of carbonyl (C=O) groups excluding carboxylic acids is 2. The third-order valence-corrected chi connectivity index (χ3v) is 4.71. The van der Waals surface area contributed by atoms with Crippen LogP contribution in [0, 0.1) is 17.6 Å². The first-order valence-electron chi connectivity index (χ1n) is 8.82. The molecular weight excluding hydrogens is 350 g/mol. The van der Waals surface area contributed by atoms with E-state index in [1.807, 2.05) is 24.3 Å². The molecule has 2 amide bonds. The maximum atomic E-state index is 14.0. The molecule has 1 fully saturated rings. The molecule has 3 rings (SSSR count). The molecule has 1 heterocycles. The first-order valence-corrected chi connectivity index (χ1v) is 8.82. The Morgan fingerprint density at radius 3 is 2.37 bits per heavy atom. The van der Waals surface area contributed by atoms with Crippen molar-refractivity contribution in [2.24, 2.45) is 5.92 Å². The fourth-order valence-corrected chi connectivity index (χ4v) is 3.11. The van der Waals surface area contributed by atoms with Gasteiger partial charge in [-0.25, -0.2) is 8.78 Å². The summed E-state index contributed by atoms with van der Waals surface area (Å²) in [6.07, 6.45) is -0.0112. The van der Waals surface area contributed by atoms with Gasteiger partial charge in [0.25, 0.3) is 0 Å². The molecule has 1 aliphatic rings. The lowest BCUT2D eigenvalue weighted by atomic mass is 9.87. The van der Waals surface area contributed by atoms with Gasteiger partial charge in [0.05, 0.1) is 11.6 Å². The average molecular weight is 372 g/mol. The minimum atomic E-state index is -0.817. The average Bonchev–Trinajstić information content (AvgIpc) is 2.96. The number of hydrogen-bond acceptors (Lipinski definition) is 2. The number of amides is 2. The van der Waals surface area contributed by atoms with Crippen molar-refractivity contribution in [3.63, 3.8) is 0 Å². The summed E-state index contributed by atoms with van der Waals surface area (Å²) in [6.45, 7) is 6.38. The molecule has 0 aromatic heterocycles. The molecule has 2 aromatic carbocycles. The highest BCUT2D eigenvalue weighted by Crippen LogP contribution is 2.29. The van der Waals surface area contributed by atoms with Crippen molar-refractivity contribution in [1.29, 1.82) is 0 Å². The maximum absolute atomic E-state index is 14.0. The number of hydrogen-bond donors (Lipinski definition) is 1. The molecule has 4 nitrogen and oxygen atoms in total. The van der Waals surface area contributed by atoms with Crippen LogP contribution in [0.2, 0.25) is 0 Å². The standard InChI is InChI=1S/C21H22F2N2O2/c1-21(2,3)14-4-7-16(8-5-14)24-20(27)13-10-19(26)25(12-13)18-9-6-15(22)11-17(18)23/h4-9,11,13H,10,12H2,1-3H3,(H,24,27). The van der Waals surface area contributed by atoms with E-state index in [9.17, 15) is 18.4 Å². The van der Waals surface area contributed by atoms with Crippen molar-refractivity contribution in [3.8, 4) is 0 Å². The highest BCUT2D eigenvalue weighted by Gasteiger charge is 2.36. The number of halogens is 2. The van der Waals surface area contributed by atoms with E-state index in [4.69, 9.17) is 0 Å². The van der Waals surface area contributed by atoms with Crippen LogP contribution in [0.4, 0.5) is 20.2 Å². The van der Waals surface area contributed by atoms with Crippen molar-refractivity contribution in [1.82, 2.24) is 0 Å². The van der Waals surface area contributed by atoms with Gasteiger partial charge in [-0.1, -0.05) is 32.9 Å². The molecule has 1 N–H and O–H groups in total. The predicted octanol–water partition coefficient (Wildman–Crippen LogP) is 4.25. The Morgan fingerprint density at radius 2 is 1.78 bits per heavy atom. The molecule has 1 unspecified atom stereocenters. The van der Waals surface area contributed by atoms with Gasteiger partial charge in [0, 0.05) is 24.7 Å². The van der Waals surface area contributed by atoms with E-state index in [2.05, 4.69) is 26.1 Å². The van der Waals surface area contributed by atoms with E-state index < -0.39 is 17.6 Å². The second-order valence-electron chi connectivity index (χ2n) is 7.82. The molecule has 6 heteroatoms. The third-order valence-electron chi connectivity index (χ3n) is 4.71. The summed E-state index contributed by atoms with van der Waals surface area (Å²) in [5.74, 6) is -2.78. The van der Waals surface area contributed by atoms with Crippen LogP contribution < -0.4 is 10.2 Å². The lowest BCUT2D eigenvalue weighted by Crippen LogP contribution is -2.28. The van der Waals surface area contributed by atoms with Crippen LogP contribution in [0.25, 0.3) is 0 Å². The van der Waals surface area contributed by atoms with Gasteiger partial charge >= 0.3 is 0 Å². The summed E-state index contributed by atoms with van der Waals surface area (Å²) in [6, 6.07) is 10.6. The molecule has 1 aliphatic heterocycles. The van der Waals surface area contributed by atoms with Gasteiger partial charge in [-0.05, 0) is 35.2 Å². The third kappa shape index (κ3) is 4.15. The smallest absolute Gasteiger partial charge is 0.229 e. The Bertz CT molecular complexity index is 873. The molecule has 1 atom stereocenters. The predicted molar refractivity (Wildman–Crippen MR) is 101 cm³/mol. The Balaban J connectivity index is 1.69. The molecule has 0 bridgehead atoms. The topological polar surface area (TPSA) is 49.4 Å². The van der Waals surface area contributed by atoms with E-state index in [-0.39, 0.29) is 35.9 Å². The molecular formula is C21H22F2N2O2. The summed E-state index contributed by atoms with van der Waals surface area (Å²) in [4.78, 5) is 25.9. The van der Waals surface area contributed by atoms with Gasteiger partial charge in [-0.3, -0.25) is 9.59 Å². The quantitative estimate of drug-likeness (QED) is 0.875. The van der Waals surface area contributed by atoms with Crippen molar-refractivity contribution in [3.05, 3.63) is 59.7 Å². The number of benzene rings is 2. The number of anilines is 2. The Hall–Kier alpha value is -2.76. The van der Waals surface area contributed by atoms with Crippen LogP contribution in [-0.4, -0.2) is 18.4 Å². The zero-order valence-corrected chi connectivity index (χ0v) is 15.6. The van der Waals surface area contributed by atoms with Crippen molar-refractivity contribution in [2.75, 3.05) is 16.8 Å². The minimum absolute atomic E-state index is 0.00812. The molecule has 0 aliphatic carbocycles. The minimum Gasteiger partial charge on any atom is -0.326 e. The highest BCUT2D eigenvalue weighted by atomic mass is 19.1. The van der Waals surface area contributed by atoms with Crippen molar-refractivity contribution >= 4 is 23.2 Å². The van der Waals surface area contributed by atoms with Gasteiger partial charge in [0.15, 0.2) is 0 Å². The molecule has 1 saturated heterocycles. The fraction of sp³-hybridized carbons (Fsp3) is 0.333. The summed E-state index contributed by atoms with van der Waals surface area (Å²) in [5.41, 5.74) is 1.80. The van der Waals surface area contributed by atoms with E-state index in [1.54, 1.807) is 0 Å². The molecule has 142 valence electrons. The summed E-state index contributed by atoms with van der Waals surface area (Å²) in [5, 5.41) is 2.81. The van der Waals surface area contributed by atoms with Crippen LogP contribution in [0.5, 0.6) is 0 Å². The zero-order chi connectivity index (χ0) is 19.8. The Labute approximate surface area is 157 Å². The first kappa shape index (κ1) is 19.0. The monoisotopic (exact) mass is 372 g/mol. The fourth-order valence-electron chi connectivity index (χ4n) is 3.11. The first-order chi connectivity index (χ1) is 12.6. The number of nitrogens with one attached hydrogen (secondary N) is 1. The van der Waals surface area contributed by atoms with E-state index in [0.29, 0.717) is 5.69 Å². The van der Waals surface area contributed by atoms with Crippen molar-refractivity contribution in [2.45, 2.75) is 32.6 Å². The normalized spacial score (nSPS) is 17.3. The van der Waals surface area contributed by atoms with Gasteiger partial charge < -0.3 is 10.2 Å². The van der Waals surface area contributed by atoms with E-state index in [1.165, 1.54) is 11.0 Å². The van der Waals surface area contributed by atoms with Crippen LogP contribution in [-0.2, 0) is 15.0 Å². The van der Waals surface area contributed by atoms with Crippen LogP contribution in [0.15, 0.2) is 42.5 Å². The molecule has 0 radical (unpaired) electrons. The largest absolute Gasteiger partial charge is 0.326 e. The molecule has 2 aromatic rings. The molecule has 0 spiro atoms. The van der Waals surface area contributed by atoms with Gasteiger partial charge in [-0.2, -0.15) is 0 Å². The van der Waals surface area contributed by atoms with E-state index in [0.717, 1.165) is 17.7 Å². The van der Waals surface area contributed by atoms with Gasteiger partial charge in [0.1, 0.15) is 11.6 Å². The SMILES string of the molecule is CC(C)(C)c1ccc(NC(=O)C2CC(=O)N(c3ccc(F)cc3F)C2)cc1. The summed E-state index contributed by atoms with van der Waals surface area (Å²) < 4.78 is 27.0. The van der Waals surface area contributed by atoms with Gasteiger partial charge in [0.2, 0.25) is 11.8 Å². The Kier molecular flexibility index (Phi) is 5.00. The zero-order valence-electron chi connectivity index (χ0n) is 15.6. The lowest BCUT2D eigenvalue weighted by molar-refractivity contribution is -0.122. The number of rotatable bonds is 3.